The number of carbonyl (C=O) groups excluding carboxylic acids is 2. The minimum Gasteiger partial charge on any atom is -0.445 e. The van der Waals surface area contributed by atoms with Crippen LogP contribution in [0.2, 0.25) is 0 Å². The van der Waals surface area contributed by atoms with Crippen LogP contribution in [0, 0.1) is 22.7 Å². The number of anilines is 1. The Bertz CT molecular complexity index is 938. The molecule has 7 nitrogen and oxygen atoms in total. The van der Waals surface area contributed by atoms with Crippen LogP contribution >= 0.6 is 11.8 Å². The van der Waals surface area contributed by atoms with Crippen LogP contribution < -0.4 is 5.32 Å². The standard InChI is InChI=1S/C28H42N2O5S/c1-27-13-12-24(35-26(34)29-19-8-7-9-20(16-19)36-3)28(2,18-31)23(27)11-10-22(32)21(27)17-25(33)30-14-5-4-6-15-30/h7-9,16,21-24,31-32H,4-6,10-15,17-18H2,1-3H3,(H,29,34)/t21-,22-,23-,24-,27+,28+/m1/s1. The van der Waals surface area contributed by atoms with Gasteiger partial charge in [-0.15, -0.1) is 11.8 Å². The van der Waals surface area contributed by atoms with E-state index in [2.05, 4.69) is 12.2 Å². The van der Waals surface area contributed by atoms with Crippen LogP contribution in [-0.4, -0.2) is 65.3 Å². The van der Waals surface area contributed by atoms with Gasteiger partial charge in [0.05, 0.1) is 12.7 Å². The van der Waals surface area contributed by atoms with Gasteiger partial charge in [0.25, 0.3) is 0 Å². The van der Waals surface area contributed by atoms with E-state index < -0.39 is 23.7 Å². The molecule has 36 heavy (non-hydrogen) atoms. The third kappa shape index (κ3) is 5.41. The summed E-state index contributed by atoms with van der Waals surface area (Å²) >= 11 is 1.60. The van der Waals surface area contributed by atoms with Crippen molar-refractivity contribution in [3.63, 3.8) is 0 Å². The Balaban J connectivity index is 1.48. The second-order valence-electron chi connectivity index (χ2n) is 11.4. The molecule has 1 aromatic rings. The number of fused-ring (bicyclic) bond motifs is 1. The molecule has 3 aliphatic rings. The van der Waals surface area contributed by atoms with Gasteiger partial charge in [-0.1, -0.05) is 19.9 Å². The van der Waals surface area contributed by atoms with Crippen LogP contribution in [0.15, 0.2) is 29.2 Å². The molecule has 1 aliphatic heterocycles. The second kappa shape index (κ2) is 11.3. The Morgan fingerprint density at radius 2 is 1.92 bits per heavy atom. The number of thioether (sulfide) groups is 1. The second-order valence-corrected chi connectivity index (χ2v) is 12.3. The molecule has 0 bridgehead atoms. The van der Waals surface area contributed by atoms with Gasteiger partial charge in [0.15, 0.2) is 0 Å². The molecule has 2 amide bonds. The largest absolute Gasteiger partial charge is 0.445 e. The number of aliphatic hydroxyl groups is 2. The Morgan fingerprint density at radius 3 is 2.61 bits per heavy atom. The molecule has 0 aromatic heterocycles. The van der Waals surface area contributed by atoms with Gasteiger partial charge >= 0.3 is 6.09 Å². The lowest BCUT2D eigenvalue weighted by Gasteiger charge is -2.60. The summed E-state index contributed by atoms with van der Waals surface area (Å²) in [7, 11) is 0. The molecule has 2 aliphatic carbocycles. The number of piperidine rings is 1. The predicted octanol–water partition coefficient (Wildman–Crippen LogP) is 4.91. The van der Waals surface area contributed by atoms with E-state index in [-0.39, 0.29) is 29.8 Å². The summed E-state index contributed by atoms with van der Waals surface area (Å²) in [5.41, 5.74) is -0.294. The van der Waals surface area contributed by atoms with E-state index in [0.717, 1.165) is 43.7 Å². The molecule has 1 saturated heterocycles. The number of ether oxygens (including phenoxy) is 1. The fraction of sp³-hybridized carbons (Fsp3) is 0.714. The summed E-state index contributed by atoms with van der Waals surface area (Å²) < 4.78 is 5.95. The topological polar surface area (TPSA) is 99.1 Å². The molecule has 8 heteroatoms. The SMILES string of the molecule is CSc1cccc(NC(=O)O[C@@H]2CC[C@]3(C)[C@@H](CC[C@@H](O)[C@H]3CC(=O)N3CCCCC3)[C@]2(C)CO)c1. The summed E-state index contributed by atoms with van der Waals surface area (Å²) in [4.78, 5) is 29.0. The highest BCUT2D eigenvalue weighted by Gasteiger charge is 2.60. The Labute approximate surface area is 219 Å². The molecule has 4 rings (SSSR count). The number of nitrogens with one attached hydrogen (secondary N) is 1. The molecule has 0 unspecified atom stereocenters. The van der Waals surface area contributed by atoms with Crippen molar-refractivity contribution in [1.82, 2.24) is 4.90 Å². The summed E-state index contributed by atoms with van der Waals surface area (Å²) in [6.07, 6.45) is 6.74. The van der Waals surface area contributed by atoms with Crippen LogP contribution in [0.5, 0.6) is 0 Å². The first kappa shape index (κ1) is 27.3. The van der Waals surface area contributed by atoms with Crippen LogP contribution in [0.25, 0.3) is 0 Å². The van der Waals surface area contributed by atoms with Crippen molar-refractivity contribution < 1.29 is 24.5 Å². The number of hydrogen-bond donors (Lipinski definition) is 3. The summed E-state index contributed by atoms with van der Waals surface area (Å²) in [6.45, 7) is 5.67. The smallest absolute Gasteiger partial charge is 0.411 e. The lowest BCUT2D eigenvalue weighted by Crippen LogP contribution is -2.61. The Kier molecular flexibility index (Phi) is 8.57. The van der Waals surface area contributed by atoms with Gasteiger partial charge in [-0.3, -0.25) is 10.1 Å². The summed E-state index contributed by atoms with van der Waals surface area (Å²) in [5, 5.41) is 24.5. The first-order valence-corrected chi connectivity index (χ1v) is 14.6. The molecular weight excluding hydrogens is 476 g/mol. The quantitative estimate of drug-likeness (QED) is 0.463. The van der Waals surface area contributed by atoms with Gasteiger partial charge in [0, 0.05) is 35.5 Å². The molecular formula is C28H42N2O5S. The van der Waals surface area contributed by atoms with E-state index in [4.69, 9.17) is 4.74 Å². The van der Waals surface area contributed by atoms with Crippen LogP contribution in [0.1, 0.15) is 65.2 Å². The maximum Gasteiger partial charge on any atom is 0.411 e. The number of carbonyl (C=O) groups is 2. The van der Waals surface area contributed by atoms with E-state index in [0.29, 0.717) is 24.9 Å². The van der Waals surface area contributed by atoms with Gasteiger partial charge in [0.1, 0.15) is 6.10 Å². The Morgan fingerprint density at radius 1 is 1.17 bits per heavy atom. The summed E-state index contributed by atoms with van der Waals surface area (Å²) in [6, 6.07) is 7.61. The molecule has 0 spiro atoms. The Hall–Kier alpha value is -1.77. The lowest BCUT2D eigenvalue weighted by molar-refractivity contribution is -0.186. The van der Waals surface area contributed by atoms with Gasteiger partial charge < -0.3 is 19.8 Å². The number of likely N-dealkylation sites (tertiary alicyclic amines) is 1. The minimum absolute atomic E-state index is 0.0314. The zero-order valence-electron chi connectivity index (χ0n) is 21.9. The van der Waals surface area contributed by atoms with Crippen molar-refractivity contribution in [3.8, 4) is 0 Å². The first-order chi connectivity index (χ1) is 17.2. The summed E-state index contributed by atoms with van der Waals surface area (Å²) in [5.74, 6) is 0.00101. The van der Waals surface area contributed by atoms with Gasteiger partial charge in [-0.2, -0.15) is 0 Å². The molecule has 3 fully saturated rings. The molecule has 2 saturated carbocycles. The number of hydrogen-bond acceptors (Lipinski definition) is 6. The predicted molar refractivity (Wildman–Crippen MR) is 142 cm³/mol. The van der Waals surface area contributed by atoms with Crippen LogP contribution in [0.4, 0.5) is 10.5 Å². The molecule has 0 radical (unpaired) electrons. The number of aliphatic hydroxyl groups excluding tert-OH is 2. The zero-order valence-corrected chi connectivity index (χ0v) is 22.7. The maximum atomic E-state index is 13.2. The highest BCUT2D eigenvalue weighted by atomic mass is 32.2. The van der Waals surface area contributed by atoms with Gasteiger partial charge in [-0.25, -0.2) is 4.79 Å². The van der Waals surface area contributed by atoms with Crippen molar-refractivity contribution >= 4 is 29.4 Å². The number of rotatable bonds is 6. The maximum absolute atomic E-state index is 13.2. The average Bonchev–Trinajstić information content (AvgIpc) is 2.88. The monoisotopic (exact) mass is 518 g/mol. The fourth-order valence-corrected chi connectivity index (χ4v) is 7.68. The third-order valence-electron chi connectivity index (χ3n) is 9.34. The normalized spacial score (nSPS) is 34.5. The van der Waals surface area contributed by atoms with Crippen molar-refractivity contribution in [2.24, 2.45) is 22.7 Å². The van der Waals surface area contributed by atoms with E-state index in [1.165, 1.54) is 6.42 Å². The van der Waals surface area contributed by atoms with Gasteiger partial charge in [0.2, 0.25) is 5.91 Å². The lowest BCUT2D eigenvalue weighted by atomic mass is 9.46. The third-order valence-corrected chi connectivity index (χ3v) is 10.1. The molecule has 1 heterocycles. The van der Waals surface area contributed by atoms with Crippen molar-refractivity contribution in [1.29, 1.82) is 0 Å². The van der Waals surface area contributed by atoms with Crippen LogP contribution in [-0.2, 0) is 9.53 Å². The highest BCUT2D eigenvalue weighted by Crippen LogP contribution is 2.61. The number of benzene rings is 1. The first-order valence-electron chi connectivity index (χ1n) is 13.4. The van der Waals surface area contributed by atoms with Gasteiger partial charge in [-0.05, 0) is 86.7 Å². The van der Waals surface area contributed by atoms with E-state index in [1.54, 1.807) is 11.8 Å². The van der Waals surface area contributed by atoms with Crippen molar-refractivity contribution in [2.75, 3.05) is 31.3 Å². The van der Waals surface area contributed by atoms with E-state index in [9.17, 15) is 19.8 Å². The molecule has 6 atom stereocenters. The van der Waals surface area contributed by atoms with Crippen molar-refractivity contribution in [3.05, 3.63) is 24.3 Å². The average molecular weight is 519 g/mol. The number of amides is 2. The highest BCUT2D eigenvalue weighted by molar-refractivity contribution is 7.98. The van der Waals surface area contributed by atoms with Crippen molar-refractivity contribution in [2.45, 2.75) is 82.3 Å². The van der Waals surface area contributed by atoms with E-state index >= 15 is 0 Å². The molecule has 3 N–H and O–H groups in total. The zero-order chi connectivity index (χ0) is 25.9. The molecule has 1 aromatic carbocycles. The fourth-order valence-electron chi connectivity index (χ4n) is 7.22. The number of nitrogens with zero attached hydrogens (tertiary/aromatic N) is 1. The molecule has 200 valence electrons. The van der Waals surface area contributed by atoms with E-state index in [1.807, 2.05) is 42.3 Å². The van der Waals surface area contributed by atoms with Crippen LogP contribution in [0.3, 0.4) is 0 Å². The minimum atomic E-state index is -0.655.